The molecule has 2 heterocycles. The number of pyridine rings is 2. The van der Waals surface area contributed by atoms with Crippen LogP contribution in [-0.4, -0.2) is 29.0 Å². The summed E-state index contributed by atoms with van der Waals surface area (Å²) in [5.74, 6) is -0.707. The van der Waals surface area contributed by atoms with E-state index < -0.39 is 11.9 Å². The van der Waals surface area contributed by atoms with E-state index in [-0.39, 0.29) is 11.3 Å². The summed E-state index contributed by atoms with van der Waals surface area (Å²) < 4.78 is 4.66. The zero-order chi connectivity index (χ0) is 15.4. The molecule has 1 N–H and O–H groups in total. The van der Waals surface area contributed by atoms with Gasteiger partial charge in [-0.05, 0) is 38.1 Å². The van der Waals surface area contributed by atoms with Crippen LogP contribution in [0.15, 0.2) is 30.3 Å². The summed E-state index contributed by atoms with van der Waals surface area (Å²) >= 11 is 0. The molecule has 2 rings (SSSR count). The fourth-order valence-corrected chi connectivity index (χ4v) is 1.79. The highest BCUT2D eigenvalue weighted by atomic mass is 16.5. The zero-order valence-corrected chi connectivity index (χ0v) is 12.0. The third-order valence-electron chi connectivity index (χ3n) is 2.78. The van der Waals surface area contributed by atoms with Crippen LogP contribution in [0.4, 0.5) is 5.82 Å². The van der Waals surface area contributed by atoms with E-state index in [4.69, 9.17) is 0 Å². The minimum absolute atomic E-state index is 0.0187. The second kappa shape index (κ2) is 6.13. The molecule has 0 aliphatic heterocycles. The number of carbonyl (C=O) groups is 2. The summed E-state index contributed by atoms with van der Waals surface area (Å²) in [5, 5.41) is 2.63. The van der Waals surface area contributed by atoms with Crippen LogP contribution in [0.5, 0.6) is 0 Å². The summed E-state index contributed by atoms with van der Waals surface area (Å²) in [5.41, 5.74) is 1.54. The van der Waals surface area contributed by atoms with E-state index in [1.807, 2.05) is 13.0 Å². The fraction of sp³-hybridized carbons (Fsp3) is 0.200. The van der Waals surface area contributed by atoms with Crippen molar-refractivity contribution in [3.8, 4) is 0 Å². The Labute approximate surface area is 122 Å². The van der Waals surface area contributed by atoms with Gasteiger partial charge < -0.3 is 10.1 Å². The third-order valence-corrected chi connectivity index (χ3v) is 2.78. The summed E-state index contributed by atoms with van der Waals surface area (Å²) in [7, 11) is 1.26. The van der Waals surface area contributed by atoms with Gasteiger partial charge in [-0.15, -0.1) is 0 Å². The lowest BCUT2D eigenvalue weighted by molar-refractivity contribution is 0.0596. The highest BCUT2D eigenvalue weighted by molar-refractivity contribution is 6.09. The molecule has 0 radical (unpaired) electrons. The van der Waals surface area contributed by atoms with Crippen molar-refractivity contribution in [1.29, 1.82) is 0 Å². The number of esters is 1. The second-order valence-electron chi connectivity index (χ2n) is 4.46. The van der Waals surface area contributed by atoms with E-state index >= 15 is 0 Å². The molecule has 0 atom stereocenters. The summed E-state index contributed by atoms with van der Waals surface area (Å²) in [6.45, 7) is 3.56. The molecule has 0 unspecified atom stereocenters. The first-order valence-electron chi connectivity index (χ1n) is 6.32. The lowest BCUT2D eigenvalue weighted by Crippen LogP contribution is -2.20. The predicted octanol–water partition coefficient (Wildman–Crippen LogP) is 2.13. The minimum Gasteiger partial charge on any atom is -0.465 e. The Hall–Kier alpha value is -2.76. The van der Waals surface area contributed by atoms with Crippen LogP contribution in [0.25, 0.3) is 0 Å². The molecule has 0 bridgehead atoms. The van der Waals surface area contributed by atoms with E-state index in [0.29, 0.717) is 11.5 Å². The molecular formula is C15H15N3O3. The molecule has 6 heteroatoms. The highest BCUT2D eigenvalue weighted by Crippen LogP contribution is 2.12. The number of carbonyl (C=O) groups excluding carboxylic acids is 2. The van der Waals surface area contributed by atoms with Crippen LogP contribution >= 0.6 is 0 Å². The average Bonchev–Trinajstić information content (AvgIpc) is 2.46. The van der Waals surface area contributed by atoms with Crippen molar-refractivity contribution in [2.75, 3.05) is 12.4 Å². The molecule has 6 nitrogen and oxygen atoms in total. The quantitative estimate of drug-likeness (QED) is 0.874. The molecular weight excluding hydrogens is 270 g/mol. The van der Waals surface area contributed by atoms with Gasteiger partial charge in [0.15, 0.2) is 0 Å². The van der Waals surface area contributed by atoms with E-state index in [2.05, 4.69) is 20.0 Å². The lowest BCUT2D eigenvalue weighted by Gasteiger charge is -2.09. The van der Waals surface area contributed by atoms with Gasteiger partial charge in [-0.3, -0.25) is 4.79 Å². The number of nitrogens with one attached hydrogen (secondary N) is 1. The van der Waals surface area contributed by atoms with Crippen molar-refractivity contribution < 1.29 is 14.3 Å². The smallest absolute Gasteiger partial charge is 0.340 e. The van der Waals surface area contributed by atoms with E-state index in [9.17, 15) is 9.59 Å². The molecule has 0 aromatic carbocycles. The van der Waals surface area contributed by atoms with Crippen molar-refractivity contribution in [1.82, 2.24) is 9.97 Å². The number of amides is 1. The molecule has 1 amide bonds. The summed E-state index contributed by atoms with van der Waals surface area (Å²) in [6.07, 6.45) is 0. The topological polar surface area (TPSA) is 81.2 Å². The monoisotopic (exact) mass is 285 g/mol. The Morgan fingerprint density at radius 2 is 1.76 bits per heavy atom. The number of rotatable bonds is 3. The molecule has 0 aliphatic rings. The Morgan fingerprint density at radius 1 is 1.05 bits per heavy atom. The molecule has 0 saturated carbocycles. The number of ether oxygens (including phenoxy) is 1. The number of methoxy groups -OCH3 is 1. The first-order valence-corrected chi connectivity index (χ1v) is 6.32. The summed E-state index contributed by atoms with van der Waals surface area (Å²) in [4.78, 5) is 32.3. The number of hydrogen-bond acceptors (Lipinski definition) is 5. The number of nitrogens with zero attached hydrogens (tertiary/aromatic N) is 2. The van der Waals surface area contributed by atoms with Gasteiger partial charge in [0.2, 0.25) is 0 Å². The maximum Gasteiger partial charge on any atom is 0.340 e. The largest absolute Gasteiger partial charge is 0.465 e. The van der Waals surface area contributed by atoms with Crippen LogP contribution in [0.2, 0.25) is 0 Å². The van der Waals surface area contributed by atoms with E-state index in [1.165, 1.54) is 13.2 Å². The maximum absolute atomic E-state index is 12.3. The lowest BCUT2D eigenvalue weighted by atomic mass is 10.1. The van der Waals surface area contributed by atoms with Crippen LogP contribution in [-0.2, 0) is 4.74 Å². The van der Waals surface area contributed by atoms with Gasteiger partial charge in [-0.25, -0.2) is 14.8 Å². The van der Waals surface area contributed by atoms with Crippen molar-refractivity contribution in [2.45, 2.75) is 13.8 Å². The Kier molecular flexibility index (Phi) is 4.27. The van der Waals surface area contributed by atoms with Gasteiger partial charge in [0, 0.05) is 11.4 Å². The zero-order valence-electron chi connectivity index (χ0n) is 12.0. The normalized spacial score (nSPS) is 10.0. The van der Waals surface area contributed by atoms with Gasteiger partial charge in [0.1, 0.15) is 11.5 Å². The number of anilines is 1. The van der Waals surface area contributed by atoms with Gasteiger partial charge in [-0.1, -0.05) is 6.07 Å². The molecule has 0 spiro atoms. The second-order valence-corrected chi connectivity index (χ2v) is 4.46. The van der Waals surface area contributed by atoms with Gasteiger partial charge in [-0.2, -0.15) is 0 Å². The van der Waals surface area contributed by atoms with Gasteiger partial charge in [0.25, 0.3) is 5.91 Å². The van der Waals surface area contributed by atoms with Gasteiger partial charge >= 0.3 is 5.97 Å². The third kappa shape index (κ3) is 3.42. The summed E-state index contributed by atoms with van der Waals surface area (Å²) in [6, 6.07) is 8.43. The van der Waals surface area contributed by atoms with Crippen LogP contribution < -0.4 is 5.32 Å². The standard InChI is InChI=1S/C15H15N3O3/c1-9-5-4-6-12(16-9)18-14(19)13-11(15(20)21-3)8-7-10(2)17-13/h4-8H,1-3H3,(H,16,18,19). The fourth-order valence-electron chi connectivity index (χ4n) is 1.79. The van der Waals surface area contributed by atoms with Crippen molar-refractivity contribution in [3.63, 3.8) is 0 Å². The van der Waals surface area contributed by atoms with E-state index in [1.54, 1.807) is 25.1 Å². The first-order chi connectivity index (χ1) is 10.0. The predicted molar refractivity (Wildman–Crippen MR) is 77.2 cm³/mol. The Balaban J connectivity index is 2.34. The SMILES string of the molecule is COC(=O)c1ccc(C)nc1C(=O)Nc1cccc(C)n1. The van der Waals surface area contributed by atoms with E-state index in [0.717, 1.165) is 5.69 Å². The van der Waals surface area contributed by atoms with Gasteiger partial charge in [0.05, 0.1) is 12.7 Å². The Morgan fingerprint density at radius 3 is 2.43 bits per heavy atom. The molecule has 2 aromatic heterocycles. The molecule has 2 aromatic rings. The van der Waals surface area contributed by atoms with Crippen LogP contribution in [0.1, 0.15) is 32.2 Å². The number of aromatic nitrogens is 2. The number of aryl methyl sites for hydroxylation is 2. The molecule has 21 heavy (non-hydrogen) atoms. The number of hydrogen-bond donors (Lipinski definition) is 1. The molecule has 108 valence electrons. The minimum atomic E-state index is -0.607. The molecule has 0 aliphatic carbocycles. The van der Waals surface area contributed by atoms with Crippen molar-refractivity contribution >= 4 is 17.7 Å². The molecule has 0 saturated heterocycles. The van der Waals surface area contributed by atoms with Crippen LogP contribution in [0, 0.1) is 13.8 Å². The Bertz CT molecular complexity index is 698. The van der Waals surface area contributed by atoms with Crippen LogP contribution in [0.3, 0.4) is 0 Å². The van der Waals surface area contributed by atoms with Crippen molar-refractivity contribution in [2.24, 2.45) is 0 Å². The average molecular weight is 285 g/mol. The maximum atomic E-state index is 12.3. The first kappa shape index (κ1) is 14.6. The molecule has 0 fully saturated rings. The van der Waals surface area contributed by atoms with Crippen molar-refractivity contribution in [3.05, 3.63) is 53.0 Å². The highest BCUT2D eigenvalue weighted by Gasteiger charge is 2.20.